The number of fused-ring (bicyclic) bond motifs is 1. The molecule has 0 fully saturated rings. The molecule has 3 rings (SSSR count). The average Bonchev–Trinajstić information content (AvgIpc) is 2.70. The van der Waals surface area contributed by atoms with Crippen LogP contribution >= 0.6 is 0 Å². The molecule has 0 aliphatic carbocycles. The van der Waals surface area contributed by atoms with E-state index in [9.17, 15) is 9.59 Å². The normalized spacial score (nSPS) is 10.8. The minimum atomic E-state index is -0.649. The van der Waals surface area contributed by atoms with Crippen molar-refractivity contribution in [2.24, 2.45) is 0 Å². The zero-order chi connectivity index (χ0) is 20.1. The van der Waals surface area contributed by atoms with Crippen molar-refractivity contribution < 1.29 is 13.9 Å². The first-order valence-corrected chi connectivity index (χ1v) is 9.62. The molecule has 0 atom stereocenters. The molecule has 0 spiro atoms. The highest BCUT2D eigenvalue weighted by Gasteiger charge is 2.18. The van der Waals surface area contributed by atoms with Gasteiger partial charge in [0.05, 0.1) is 7.11 Å². The van der Waals surface area contributed by atoms with Gasteiger partial charge in [0, 0.05) is 16.6 Å². The Bertz CT molecular complexity index is 1050. The fraction of sp³-hybridized carbons (Fsp3) is 0.304. The van der Waals surface area contributed by atoms with Crippen molar-refractivity contribution in [3.05, 3.63) is 69.6 Å². The summed E-state index contributed by atoms with van der Waals surface area (Å²) in [6.07, 6.45) is 3.42. The standard InChI is InChI=1S/C23H25NO4/c1-4-8-15-10-6-7-11-19(15)24-22(25)18-14-16-12-13-20(27-3)17(9-5-2)21(16)28-23(18)26/h6-7,10-14H,4-5,8-9H2,1-3H3,(H,24,25). The molecule has 1 N–H and O–H groups in total. The number of nitrogens with one attached hydrogen (secondary N) is 1. The Morgan fingerprint density at radius 2 is 1.82 bits per heavy atom. The van der Waals surface area contributed by atoms with Crippen LogP contribution in [0.15, 0.2) is 51.7 Å². The third-order valence-corrected chi connectivity index (χ3v) is 4.71. The van der Waals surface area contributed by atoms with E-state index in [0.717, 1.165) is 42.5 Å². The molecule has 5 heteroatoms. The maximum absolute atomic E-state index is 12.8. The second-order valence-corrected chi connectivity index (χ2v) is 6.72. The summed E-state index contributed by atoms with van der Waals surface area (Å²) in [7, 11) is 1.59. The lowest BCUT2D eigenvalue weighted by Crippen LogP contribution is -2.21. The number of ether oxygens (including phenoxy) is 1. The van der Waals surface area contributed by atoms with Crippen LogP contribution in [-0.4, -0.2) is 13.0 Å². The van der Waals surface area contributed by atoms with Crippen LogP contribution in [-0.2, 0) is 12.8 Å². The van der Waals surface area contributed by atoms with E-state index in [-0.39, 0.29) is 5.56 Å². The molecule has 0 bridgehead atoms. The van der Waals surface area contributed by atoms with Crippen LogP contribution < -0.4 is 15.7 Å². The molecular weight excluding hydrogens is 354 g/mol. The maximum Gasteiger partial charge on any atom is 0.349 e. The lowest BCUT2D eigenvalue weighted by Gasteiger charge is -2.12. The predicted molar refractivity (Wildman–Crippen MR) is 111 cm³/mol. The Balaban J connectivity index is 2.01. The topological polar surface area (TPSA) is 68.5 Å². The molecule has 1 amide bonds. The molecule has 0 saturated heterocycles. The van der Waals surface area contributed by atoms with Crippen molar-refractivity contribution in [3.8, 4) is 5.75 Å². The van der Waals surface area contributed by atoms with Crippen LogP contribution in [0, 0.1) is 0 Å². The summed E-state index contributed by atoms with van der Waals surface area (Å²) in [6.45, 7) is 4.13. The van der Waals surface area contributed by atoms with Gasteiger partial charge in [-0.3, -0.25) is 4.79 Å². The molecule has 1 aromatic heterocycles. The average molecular weight is 379 g/mol. The zero-order valence-electron chi connectivity index (χ0n) is 16.5. The Labute approximate surface area is 164 Å². The third kappa shape index (κ3) is 3.93. The molecule has 0 unspecified atom stereocenters. The van der Waals surface area contributed by atoms with Crippen LogP contribution in [0.2, 0.25) is 0 Å². The summed E-state index contributed by atoms with van der Waals surface area (Å²) in [4.78, 5) is 25.3. The summed E-state index contributed by atoms with van der Waals surface area (Å²) in [5.41, 5.74) is 2.43. The first kappa shape index (κ1) is 19.7. The minimum absolute atomic E-state index is 0.00795. The first-order chi connectivity index (χ1) is 13.6. The van der Waals surface area contributed by atoms with Crippen molar-refractivity contribution in [2.75, 3.05) is 12.4 Å². The minimum Gasteiger partial charge on any atom is -0.496 e. The quantitative estimate of drug-likeness (QED) is 0.589. The van der Waals surface area contributed by atoms with Gasteiger partial charge in [-0.05, 0) is 42.7 Å². The van der Waals surface area contributed by atoms with Gasteiger partial charge in [-0.15, -0.1) is 0 Å². The summed E-state index contributed by atoms with van der Waals surface area (Å²) in [5.74, 6) is 0.218. The Hall–Kier alpha value is -3.08. The predicted octanol–water partition coefficient (Wildman–Crippen LogP) is 4.96. The van der Waals surface area contributed by atoms with Crippen molar-refractivity contribution >= 4 is 22.6 Å². The number of benzene rings is 2. The van der Waals surface area contributed by atoms with E-state index in [1.807, 2.05) is 37.3 Å². The molecule has 146 valence electrons. The Morgan fingerprint density at radius 3 is 2.54 bits per heavy atom. The van der Waals surface area contributed by atoms with Gasteiger partial charge in [-0.2, -0.15) is 0 Å². The van der Waals surface area contributed by atoms with E-state index in [0.29, 0.717) is 16.7 Å². The third-order valence-electron chi connectivity index (χ3n) is 4.71. The number of anilines is 1. The van der Waals surface area contributed by atoms with Crippen molar-refractivity contribution in [1.82, 2.24) is 0 Å². The number of carbonyl (C=O) groups excluding carboxylic acids is 1. The fourth-order valence-corrected chi connectivity index (χ4v) is 3.38. The van der Waals surface area contributed by atoms with Gasteiger partial charge < -0.3 is 14.5 Å². The van der Waals surface area contributed by atoms with E-state index in [1.54, 1.807) is 19.2 Å². The number of rotatable bonds is 7. The van der Waals surface area contributed by atoms with Gasteiger partial charge in [0.15, 0.2) is 0 Å². The summed E-state index contributed by atoms with van der Waals surface area (Å²) >= 11 is 0. The monoisotopic (exact) mass is 379 g/mol. The van der Waals surface area contributed by atoms with Crippen LogP contribution in [0.25, 0.3) is 11.0 Å². The molecule has 2 aromatic carbocycles. The number of amides is 1. The van der Waals surface area contributed by atoms with Crippen molar-refractivity contribution in [1.29, 1.82) is 0 Å². The van der Waals surface area contributed by atoms with Crippen LogP contribution in [0.3, 0.4) is 0 Å². The molecule has 5 nitrogen and oxygen atoms in total. The number of carbonyl (C=O) groups is 1. The van der Waals surface area contributed by atoms with E-state index in [2.05, 4.69) is 12.2 Å². The second kappa shape index (κ2) is 8.74. The van der Waals surface area contributed by atoms with Crippen LogP contribution in [0.1, 0.15) is 48.2 Å². The fourth-order valence-electron chi connectivity index (χ4n) is 3.38. The van der Waals surface area contributed by atoms with Crippen LogP contribution in [0.4, 0.5) is 5.69 Å². The van der Waals surface area contributed by atoms with E-state index < -0.39 is 11.5 Å². The largest absolute Gasteiger partial charge is 0.496 e. The number of methoxy groups -OCH3 is 1. The lowest BCUT2D eigenvalue weighted by molar-refractivity contribution is 0.102. The molecular formula is C23H25NO4. The number of hydrogen-bond donors (Lipinski definition) is 1. The van der Waals surface area contributed by atoms with Crippen molar-refractivity contribution in [3.63, 3.8) is 0 Å². The molecule has 1 heterocycles. The van der Waals surface area contributed by atoms with E-state index in [4.69, 9.17) is 9.15 Å². The number of aryl methyl sites for hydroxylation is 2. The zero-order valence-corrected chi connectivity index (χ0v) is 16.5. The van der Waals surface area contributed by atoms with Gasteiger partial charge in [-0.25, -0.2) is 4.79 Å². The first-order valence-electron chi connectivity index (χ1n) is 9.62. The smallest absolute Gasteiger partial charge is 0.349 e. The maximum atomic E-state index is 12.8. The van der Waals surface area contributed by atoms with E-state index >= 15 is 0 Å². The highest BCUT2D eigenvalue weighted by atomic mass is 16.5. The van der Waals surface area contributed by atoms with Crippen molar-refractivity contribution in [2.45, 2.75) is 39.5 Å². The summed E-state index contributed by atoms with van der Waals surface area (Å²) in [5, 5.41) is 3.56. The van der Waals surface area contributed by atoms with Gasteiger partial charge in [0.25, 0.3) is 5.91 Å². The molecule has 0 aliphatic heterocycles. The van der Waals surface area contributed by atoms with Gasteiger partial charge in [0.2, 0.25) is 0 Å². The molecule has 28 heavy (non-hydrogen) atoms. The Morgan fingerprint density at radius 1 is 1.07 bits per heavy atom. The highest BCUT2D eigenvalue weighted by Crippen LogP contribution is 2.29. The second-order valence-electron chi connectivity index (χ2n) is 6.72. The van der Waals surface area contributed by atoms with Gasteiger partial charge in [0.1, 0.15) is 16.9 Å². The van der Waals surface area contributed by atoms with E-state index in [1.165, 1.54) is 0 Å². The van der Waals surface area contributed by atoms with Gasteiger partial charge >= 0.3 is 5.63 Å². The summed E-state index contributed by atoms with van der Waals surface area (Å²) < 4.78 is 11.0. The molecule has 0 aliphatic rings. The molecule has 0 radical (unpaired) electrons. The highest BCUT2D eigenvalue weighted by molar-refractivity contribution is 6.06. The number of para-hydroxylation sites is 1. The SMILES string of the molecule is CCCc1ccccc1NC(=O)c1cc2ccc(OC)c(CCC)c2oc1=O. The molecule has 0 saturated carbocycles. The molecule has 3 aromatic rings. The van der Waals surface area contributed by atoms with Gasteiger partial charge in [-0.1, -0.05) is 44.9 Å². The Kier molecular flexibility index (Phi) is 6.14. The summed E-state index contributed by atoms with van der Waals surface area (Å²) in [6, 6.07) is 12.9. The number of hydrogen-bond acceptors (Lipinski definition) is 4. The van der Waals surface area contributed by atoms with Crippen LogP contribution in [0.5, 0.6) is 5.75 Å². The lowest BCUT2D eigenvalue weighted by atomic mass is 10.0.